The van der Waals surface area contributed by atoms with E-state index in [1.54, 1.807) is 11.0 Å². The minimum absolute atomic E-state index is 0.0562. The van der Waals surface area contributed by atoms with Gasteiger partial charge in [0.15, 0.2) is 21.5 Å². The van der Waals surface area contributed by atoms with Gasteiger partial charge in [0.25, 0.3) is 0 Å². The highest BCUT2D eigenvalue weighted by Gasteiger charge is 2.87. The molecule has 4 heterocycles. The van der Waals surface area contributed by atoms with Crippen LogP contribution in [0.5, 0.6) is 0 Å². The Bertz CT molecular complexity index is 1810. The Labute approximate surface area is 223 Å². The molecule has 4 aliphatic rings. The molecule has 0 spiro atoms. The van der Waals surface area contributed by atoms with Crippen LogP contribution in [0.3, 0.4) is 0 Å². The first-order valence-electron chi connectivity index (χ1n) is 13.0. The third-order valence-corrected chi connectivity index (χ3v) is 11.5. The van der Waals surface area contributed by atoms with Crippen LogP contribution in [0, 0.1) is 35.8 Å². The van der Waals surface area contributed by atoms with E-state index in [0.29, 0.717) is 24.0 Å². The summed E-state index contributed by atoms with van der Waals surface area (Å²) in [5, 5.41) is 13.5. The lowest BCUT2D eigenvalue weighted by Gasteiger charge is -2.46. The van der Waals surface area contributed by atoms with Gasteiger partial charge in [-0.3, -0.25) is 0 Å². The fraction of sp³-hybridized carbons (Fsp3) is 0.393. The monoisotopic (exact) mass is 546 g/mol. The van der Waals surface area contributed by atoms with Gasteiger partial charge in [0.05, 0.1) is 39.6 Å². The van der Waals surface area contributed by atoms with Gasteiger partial charge >= 0.3 is 0 Å². The van der Waals surface area contributed by atoms with E-state index in [1.165, 1.54) is 18.2 Å². The number of nitrogens with zero attached hydrogens (tertiary/aromatic N) is 6. The maximum atomic E-state index is 14.5. The average Bonchev–Trinajstić information content (AvgIpc) is 3.15. The van der Waals surface area contributed by atoms with Crippen LogP contribution in [0.4, 0.5) is 8.78 Å². The van der Waals surface area contributed by atoms with E-state index in [1.807, 2.05) is 19.1 Å². The SMILES string of the molecule is Cc1cc(-n2cnc(CC3CS(=O)(=O)C3)n2)nc([C@@]23CC4[C@@H](c5cc(-c6c(F)cccc6F)nnc52)C43C)c1. The standard InChI is InChI=1S/C28H24F2N6O2S/c1-14-6-21(32-23(7-14)36-13-31-22(35-36)8-15-11-39(37,38)12-15)28-10-17-25(27(17,28)2)16-9-20(33-34-26(16)28)24-18(29)4-3-5-19(24)30/h3-7,9,13,15,17,25H,8,10-12H2,1-2H3/t17?,25-,27?,28+/m1/s1. The molecule has 4 atom stereocenters. The van der Waals surface area contributed by atoms with Gasteiger partial charge in [0.2, 0.25) is 0 Å². The summed E-state index contributed by atoms with van der Waals surface area (Å²) in [6, 6.07) is 9.65. The lowest BCUT2D eigenvalue weighted by Crippen LogP contribution is -2.46. The van der Waals surface area contributed by atoms with E-state index in [9.17, 15) is 17.2 Å². The quantitative estimate of drug-likeness (QED) is 0.376. The molecular formula is C28H24F2N6O2S. The maximum absolute atomic E-state index is 14.5. The minimum atomic E-state index is -2.90. The van der Waals surface area contributed by atoms with Crippen molar-refractivity contribution in [2.24, 2.45) is 17.3 Å². The molecule has 0 radical (unpaired) electrons. The van der Waals surface area contributed by atoms with E-state index >= 15 is 0 Å². The first-order chi connectivity index (χ1) is 18.6. The van der Waals surface area contributed by atoms with Gasteiger partial charge in [-0.2, -0.15) is 5.10 Å². The fourth-order valence-electron chi connectivity index (χ4n) is 7.70. The number of aromatic nitrogens is 6. The fourth-order valence-corrected chi connectivity index (χ4v) is 9.27. The topological polar surface area (TPSA) is 104 Å². The van der Waals surface area contributed by atoms with Crippen LogP contribution in [0.15, 0.2) is 42.7 Å². The van der Waals surface area contributed by atoms with Crippen molar-refractivity contribution in [3.8, 4) is 17.1 Å². The van der Waals surface area contributed by atoms with Gasteiger partial charge in [-0.25, -0.2) is 31.8 Å². The van der Waals surface area contributed by atoms with Crippen molar-refractivity contribution in [1.82, 2.24) is 29.9 Å². The highest BCUT2D eigenvalue weighted by molar-refractivity contribution is 7.92. The van der Waals surface area contributed by atoms with Crippen LogP contribution in [-0.2, 0) is 21.7 Å². The molecule has 8 rings (SSSR count). The van der Waals surface area contributed by atoms with Crippen LogP contribution in [0.2, 0.25) is 0 Å². The van der Waals surface area contributed by atoms with E-state index in [0.717, 1.165) is 28.9 Å². The lowest BCUT2D eigenvalue weighted by atomic mass is 9.57. The van der Waals surface area contributed by atoms with Gasteiger partial charge < -0.3 is 0 Å². The Hall–Kier alpha value is -3.60. The Kier molecular flexibility index (Phi) is 4.37. The van der Waals surface area contributed by atoms with Crippen molar-refractivity contribution in [3.63, 3.8) is 0 Å². The predicted octanol–water partition coefficient (Wildman–Crippen LogP) is 3.72. The molecule has 2 saturated carbocycles. The largest absolute Gasteiger partial charge is 0.233 e. The zero-order valence-corrected chi connectivity index (χ0v) is 22.1. The van der Waals surface area contributed by atoms with Crippen LogP contribution in [0.25, 0.3) is 17.1 Å². The Morgan fingerprint density at radius 2 is 1.87 bits per heavy atom. The van der Waals surface area contributed by atoms with Gasteiger partial charge in [0, 0.05) is 6.42 Å². The third-order valence-electron chi connectivity index (χ3n) is 9.55. The van der Waals surface area contributed by atoms with Crippen molar-refractivity contribution in [3.05, 3.63) is 82.7 Å². The molecule has 4 aromatic rings. The highest BCUT2D eigenvalue weighted by atomic mass is 32.2. The second-order valence-electron chi connectivity index (χ2n) is 11.7. The molecule has 1 aromatic carbocycles. The van der Waals surface area contributed by atoms with E-state index in [4.69, 9.17) is 4.98 Å². The summed E-state index contributed by atoms with van der Waals surface area (Å²) in [5.74, 6) is 1.06. The highest BCUT2D eigenvalue weighted by Crippen LogP contribution is 2.90. The van der Waals surface area contributed by atoms with Crippen molar-refractivity contribution >= 4 is 9.84 Å². The molecule has 1 aliphatic heterocycles. The van der Waals surface area contributed by atoms with Crippen molar-refractivity contribution < 1.29 is 17.2 Å². The molecule has 3 aromatic heterocycles. The van der Waals surface area contributed by atoms with Gasteiger partial charge in [-0.15, -0.1) is 10.2 Å². The summed E-state index contributed by atoms with van der Waals surface area (Å²) >= 11 is 0. The number of aryl methyl sites for hydroxylation is 1. The number of benzene rings is 1. The molecule has 0 amide bonds. The van der Waals surface area contributed by atoms with Crippen LogP contribution in [-0.4, -0.2) is 49.9 Å². The molecule has 11 heteroatoms. The Balaban J connectivity index is 1.17. The lowest BCUT2D eigenvalue weighted by molar-refractivity contribution is 0.159. The molecule has 198 valence electrons. The molecule has 3 fully saturated rings. The second kappa shape index (κ2) is 7.32. The van der Waals surface area contributed by atoms with E-state index in [-0.39, 0.29) is 40.0 Å². The molecule has 0 bridgehead atoms. The Morgan fingerprint density at radius 3 is 2.62 bits per heavy atom. The molecule has 3 aliphatic carbocycles. The molecule has 0 N–H and O–H groups in total. The predicted molar refractivity (Wildman–Crippen MR) is 137 cm³/mol. The van der Waals surface area contributed by atoms with Gasteiger partial charge in [-0.05, 0) is 78.0 Å². The summed E-state index contributed by atoms with van der Waals surface area (Å²) in [5.41, 5.74) is 3.31. The molecule has 1 saturated heterocycles. The van der Waals surface area contributed by atoms with Gasteiger partial charge in [0.1, 0.15) is 18.0 Å². The average molecular weight is 547 g/mol. The van der Waals surface area contributed by atoms with Crippen molar-refractivity contribution in [2.75, 3.05) is 11.5 Å². The van der Waals surface area contributed by atoms with Crippen LogP contribution in [0.1, 0.15) is 47.6 Å². The van der Waals surface area contributed by atoms with Crippen molar-refractivity contribution in [1.29, 1.82) is 0 Å². The maximum Gasteiger partial charge on any atom is 0.155 e. The van der Waals surface area contributed by atoms with Crippen molar-refractivity contribution in [2.45, 2.75) is 38.0 Å². The number of sulfone groups is 1. The zero-order chi connectivity index (χ0) is 26.9. The number of hydrogen-bond acceptors (Lipinski definition) is 7. The summed E-state index contributed by atoms with van der Waals surface area (Å²) in [4.78, 5) is 9.46. The zero-order valence-electron chi connectivity index (χ0n) is 21.3. The van der Waals surface area contributed by atoms with Gasteiger partial charge in [-0.1, -0.05) is 13.0 Å². The molecule has 2 unspecified atom stereocenters. The Morgan fingerprint density at radius 1 is 1.10 bits per heavy atom. The van der Waals surface area contributed by atoms with E-state index in [2.05, 4.69) is 33.3 Å². The second-order valence-corrected chi connectivity index (χ2v) is 13.9. The minimum Gasteiger partial charge on any atom is -0.233 e. The summed E-state index contributed by atoms with van der Waals surface area (Å²) in [6.07, 6.45) is 3.04. The molecule has 8 nitrogen and oxygen atoms in total. The number of hydrogen-bond donors (Lipinski definition) is 0. The number of fused-ring (bicyclic) bond motifs is 4. The summed E-state index contributed by atoms with van der Waals surface area (Å²) in [7, 11) is -2.90. The molecule has 39 heavy (non-hydrogen) atoms. The first-order valence-corrected chi connectivity index (χ1v) is 14.9. The van der Waals surface area contributed by atoms with E-state index < -0.39 is 26.9 Å². The van der Waals surface area contributed by atoms with Crippen LogP contribution < -0.4 is 0 Å². The third kappa shape index (κ3) is 2.96. The smallest absolute Gasteiger partial charge is 0.155 e. The summed E-state index contributed by atoms with van der Waals surface area (Å²) < 4.78 is 53.7. The molecular weight excluding hydrogens is 522 g/mol. The number of rotatable bonds is 5. The summed E-state index contributed by atoms with van der Waals surface area (Å²) in [6.45, 7) is 4.26. The number of halogens is 2. The normalized spacial score (nSPS) is 29.3. The number of pyridine rings is 1. The van der Waals surface area contributed by atoms with Crippen LogP contribution >= 0.6 is 0 Å². The first kappa shape index (κ1) is 23.3.